The lowest BCUT2D eigenvalue weighted by molar-refractivity contribution is 0.214. The number of nitrogen functional groups attached to an aromatic ring is 1. The molecular weight excluding hydrogens is 262 g/mol. The fourth-order valence-electron chi connectivity index (χ4n) is 2.09. The lowest BCUT2D eigenvalue weighted by atomic mass is 9.86. The second-order valence-electron chi connectivity index (χ2n) is 6.01. The van der Waals surface area contributed by atoms with Crippen molar-refractivity contribution in [2.75, 3.05) is 18.9 Å². The number of anilines is 1. The van der Waals surface area contributed by atoms with Gasteiger partial charge in [0.05, 0.1) is 0 Å². The Morgan fingerprint density at radius 2 is 1.48 bits per heavy atom. The molecular formula is C18H23NO2. The van der Waals surface area contributed by atoms with Gasteiger partial charge in [-0.1, -0.05) is 39.0 Å². The van der Waals surface area contributed by atoms with E-state index in [1.54, 1.807) is 0 Å². The van der Waals surface area contributed by atoms with Gasteiger partial charge in [0.1, 0.15) is 24.7 Å². The maximum Gasteiger partial charge on any atom is 0.123 e. The van der Waals surface area contributed by atoms with Gasteiger partial charge in [0.15, 0.2) is 0 Å². The van der Waals surface area contributed by atoms with Crippen molar-refractivity contribution in [1.82, 2.24) is 0 Å². The molecule has 0 saturated heterocycles. The van der Waals surface area contributed by atoms with Crippen molar-refractivity contribution >= 4 is 5.69 Å². The van der Waals surface area contributed by atoms with Crippen molar-refractivity contribution in [2.24, 2.45) is 0 Å². The summed E-state index contributed by atoms with van der Waals surface area (Å²) < 4.78 is 11.5. The number of hydrogen-bond acceptors (Lipinski definition) is 3. The van der Waals surface area contributed by atoms with Gasteiger partial charge in [-0.25, -0.2) is 0 Å². The average molecular weight is 285 g/mol. The average Bonchev–Trinajstić information content (AvgIpc) is 2.45. The van der Waals surface area contributed by atoms with Crippen LogP contribution in [0.5, 0.6) is 11.5 Å². The first-order chi connectivity index (χ1) is 9.97. The van der Waals surface area contributed by atoms with E-state index in [4.69, 9.17) is 15.2 Å². The smallest absolute Gasteiger partial charge is 0.123 e. The Hall–Kier alpha value is -2.16. The highest BCUT2D eigenvalue weighted by atomic mass is 16.5. The Balaban J connectivity index is 1.88. The second-order valence-corrected chi connectivity index (χ2v) is 6.01. The van der Waals surface area contributed by atoms with Crippen LogP contribution in [0.4, 0.5) is 5.69 Å². The Morgan fingerprint density at radius 3 is 2.14 bits per heavy atom. The normalized spacial score (nSPS) is 11.2. The molecule has 0 heterocycles. The summed E-state index contributed by atoms with van der Waals surface area (Å²) in [4.78, 5) is 0. The monoisotopic (exact) mass is 285 g/mol. The number of hydrogen-bond donors (Lipinski definition) is 1. The molecule has 0 aromatic heterocycles. The molecule has 0 bridgehead atoms. The predicted molar refractivity (Wildman–Crippen MR) is 87.0 cm³/mol. The summed E-state index contributed by atoms with van der Waals surface area (Å²) in [5.41, 5.74) is 7.64. The molecule has 21 heavy (non-hydrogen) atoms. The van der Waals surface area contributed by atoms with Gasteiger partial charge < -0.3 is 15.2 Å². The maximum absolute atomic E-state index is 5.86. The number of nitrogens with two attached hydrogens (primary N) is 1. The number of para-hydroxylation sites is 1. The highest BCUT2D eigenvalue weighted by Gasteiger charge is 2.18. The molecule has 2 rings (SSSR count). The van der Waals surface area contributed by atoms with Crippen LogP contribution in [0.25, 0.3) is 0 Å². The standard InChI is InChI=1S/C18H23NO2/c1-18(2,3)16-6-4-5-7-17(16)21-13-12-20-15-10-8-14(19)9-11-15/h4-11H,12-13,19H2,1-3H3. The minimum absolute atomic E-state index is 0.0639. The Morgan fingerprint density at radius 1 is 0.857 bits per heavy atom. The number of ether oxygens (including phenoxy) is 2. The van der Waals surface area contributed by atoms with Crippen LogP contribution in [-0.2, 0) is 5.41 Å². The van der Waals surface area contributed by atoms with E-state index in [2.05, 4.69) is 26.8 Å². The molecule has 3 nitrogen and oxygen atoms in total. The molecule has 0 saturated carbocycles. The van der Waals surface area contributed by atoms with Crippen molar-refractivity contribution in [3.63, 3.8) is 0 Å². The summed E-state index contributed by atoms with van der Waals surface area (Å²) in [6.07, 6.45) is 0. The fraction of sp³-hybridized carbons (Fsp3) is 0.333. The summed E-state index contributed by atoms with van der Waals surface area (Å²) in [5.74, 6) is 1.72. The molecule has 2 N–H and O–H groups in total. The zero-order valence-electron chi connectivity index (χ0n) is 12.9. The van der Waals surface area contributed by atoms with Gasteiger partial charge in [0, 0.05) is 5.69 Å². The zero-order valence-corrected chi connectivity index (χ0v) is 12.9. The minimum Gasteiger partial charge on any atom is -0.490 e. The quantitative estimate of drug-likeness (QED) is 0.666. The lowest BCUT2D eigenvalue weighted by Crippen LogP contribution is -2.15. The molecule has 0 aliphatic rings. The third kappa shape index (κ3) is 4.42. The molecule has 0 atom stereocenters. The van der Waals surface area contributed by atoms with Gasteiger partial charge in [0.2, 0.25) is 0 Å². The van der Waals surface area contributed by atoms with Gasteiger partial charge in [-0.05, 0) is 41.3 Å². The zero-order chi connectivity index (χ0) is 15.3. The van der Waals surface area contributed by atoms with E-state index in [1.807, 2.05) is 42.5 Å². The summed E-state index contributed by atoms with van der Waals surface area (Å²) in [5, 5.41) is 0. The molecule has 3 heteroatoms. The molecule has 0 amide bonds. The summed E-state index contributed by atoms with van der Waals surface area (Å²) >= 11 is 0. The third-order valence-electron chi connectivity index (χ3n) is 3.18. The maximum atomic E-state index is 5.86. The van der Waals surface area contributed by atoms with Gasteiger partial charge in [-0.15, -0.1) is 0 Å². The predicted octanol–water partition coefficient (Wildman–Crippen LogP) is 4.02. The van der Waals surface area contributed by atoms with Gasteiger partial charge in [-0.2, -0.15) is 0 Å². The van der Waals surface area contributed by atoms with Crippen LogP contribution in [0.2, 0.25) is 0 Å². The summed E-state index contributed by atoms with van der Waals surface area (Å²) in [6.45, 7) is 7.56. The van der Waals surface area contributed by atoms with E-state index >= 15 is 0 Å². The van der Waals surface area contributed by atoms with E-state index in [0.717, 1.165) is 17.2 Å². The second kappa shape index (κ2) is 6.53. The van der Waals surface area contributed by atoms with Crippen LogP contribution < -0.4 is 15.2 Å². The highest BCUT2D eigenvalue weighted by Crippen LogP contribution is 2.30. The van der Waals surface area contributed by atoms with E-state index in [0.29, 0.717) is 13.2 Å². The lowest BCUT2D eigenvalue weighted by Gasteiger charge is -2.22. The molecule has 0 spiro atoms. The van der Waals surface area contributed by atoms with Crippen molar-refractivity contribution in [3.8, 4) is 11.5 Å². The van der Waals surface area contributed by atoms with Crippen LogP contribution in [0.3, 0.4) is 0 Å². The third-order valence-corrected chi connectivity index (χ3v) is 3.18. The first kappa shape index (κ1) is 15.2. The SMILES string of the molecule is CC(C)(C)c1ccccc1OCCOc1ccc(N)cc1. The number of rotatable bonds is 5. The molecule has 0 aliphatic heterocycles. The minimum atomic E-state index is 0.0639. The number of benzene rings is 2. The van der Waals surface area contributed by atoms with Gasteiger partial charge in [-0.3, -0.25) is 0 Å². The van der Waals surface area contributed by atoms with E-state index in [-0.39, 0.29) is 5.41 Å². The van der Waals surface area contributed by atoms with Crippen molar-refractivity contribution in [3.05, 3.63) is 54.1 Å². The Kier molecular flexibility index (Phi) is 4.73. The van der Waals surface area contributed by atoms with Crippen LogP contribution in [-0.4, -0.2) is 13.2 Å². The molecule has 0 aliphatic carbocycles. The largest absolute Gasteiger partial charge is 0.490 e. The molecule has 2 aromatic rings. The highest BCUT2D eigenvalue weighted by molar-refractivity contribution is 5.41. The summed E-state index contributed by atoms with van der Waals surface area (Å²) in [6, 6.07) is 15.5. The van der Waals surface area contributed by atoms with Crippen LogP contribution >= 0.6 is 0 Å². The first-order valence-electron chi connectivity index (χ1n) is 7.17. The van der Waals surface area contributed by atoms with Crippen molar-refractivity contribution in [2.45, 2.75) is 26.2 Å². The first-order valence-corrected chi connectivity index (χ1v) is 7.17. The molecule has 112 valence electrons. The fourth-order valence-corrected chi connectivity index (χ4v) is 2.09. The van der Waals surface area contributed by atoms with Gasteiger partial charge >= 0.3 is 0 Å². The van der Waals surface area contributed by atoms with Crippen LogP contribution in [0.15, 0.2) is 48.5 Å². The topological polar surface area (TPSA) is 44.5 Å². The Bertz CT molecular complexity index is 571. The molecule has 0 radical (unpaired) electrons. The van der Waals surface area contributed by atoms with Crippen molar-refractivity contribution < 1.29 is 9.47 Å². The van der Waals surface area contributed by atoms with Crippen molar-refractivity contribution in [1.29, 1.82) is 0 Å². The van der Waals surface area contributed by atoms with Gasteiger partial charge in [0.25, 0.3) is 0 Å². The summed E-state index contributed by atoms with van der Waals surface area (Å²) in [7, 11) is 0. The van der Waals surface area contributed by atoms with E-state index in [9.17, 15) is 0 Å². The van der Waals surface area contributed by atoms with Crippen LogP contribution in [0, 0.1) is 0 Å². The molecule has 0 unspecified atom stereocenters. The molecule has 0 fully saturated rings. The van der Waals surface area contributed by atoms with E-state index < -0.39 is 0 Å². The van der Waals surface area contributed by atoms with E-state index in [1.165, 1.54) is 5.56 Å². The van der Waals surface area contributed by atoms with Crippen LogP contribution in [0.1, 0.15) is 26.3 Å². The molecule has 2 aromatic carbocycles. The Labute approximate surface area is 126 Å².